The summed E-state index contributed by atoms with van der Waals surface area (Å²) < 4.78 is 21.0. The van der Waals surface area contributed by atoms with Gasteiger partial charge in [0.05, 0.1) is 7.11 Å². The summed E-state index contributed by atoms with van der Waals surface area (Å²) in [4.78, 5) is 0. The van der Waals surface area contributed by atoms with Crippen molar-refractivity contribution in [2.75, 3.05) is 7.11 Å². The van der Waals surface area contributed by atoms with Crippen molar-refractivity contribution in [3.05, 3.63) is 29.1 Å². The summed E-state index contributed by atoms with van der Waals surface area (Å²) in [6.07, 6.45) is 20.5. The maximum Gasteiger partial charge on any atom is 0.168 e. The summed E-state index contributed by atoms with van der Waals surface area (Å²) in [7, 11) is 1.65. The summed E-state index contributed by atoms with van der Waals surface area (Å²) in [5.74, 6) is 3.53. The second kappa shape index (κ2) is 12.9. The third-order valence-corrected chi connectivity index (χ3v) is 8.40. The number of methoxy groups -OCH3 is 1. The van der Waals surface area contributed by atoms with Crippen LogP contribution in [0, 0.1) is 23.6 Å². The molecule has 176 valence electrons. The Morgan fingerprint density at radius 1 is 0.774 bits per heavy atom. The maximum atomic E-state index is 15.4. The molecule has 0 N–H and O–H groups in total. The lowest BCUT2D eigenvalue weighted by atomic mass is 9.76. The second-order valence-electron chi connectivity index (χ2n) is 10.6. The van der Waals surface area contributed by atoms with Gasteiger partial charge in [0.1, 0.15) is 0 Å². The molecule has 0 heterocycles. The zero-order valence-electron chi connectivity index (χ0n) is 20.6. The molecule has 0 radical (unpaired) electrons. The van der Waals surface area contributed by atoms with Crippen molar-refractivity contribution in [2.24, 2.45) is 17.8 Å². The van der Waals surface area contributed by atoms with Crippen LogP contribution in [0.3, 0.4) is 0 Å². The third-order valence-electron chi connectivity index (χ3n) is 8.40. The first-order valence-electron chi connectivity index (χ1n) is 13.5. The predicted molar refractivity (Wildman–Crippen MR) is 130 cm³/mol. The average Bonchev–Trinajstić information content (AvgIpc) is 2.80. The van der Waals surface area contributed by atoms with Crippen LogP contribution in [0.2, 0.25) is 0 Å². The SMILES string of the molecule is CCCCCC1CCC(CCc2ccc(C3CCC(CCC)CC3)c(OC)c2F)CC1. The van der Waals surface area contributed by atoms with E-state index in [9.17, 15) is 0 Å². The van der Waals surface area contributed by atoms with E-state index in [-0.39, 0.29) is 5.82 Å². The van der Waals surface area contributed by atoms with Crippen LogP contribution in [0.25, 0.3) is 0 Å². The molecule has 0 unspecified atom stereocenters. The standard InChI is InChI=1S/C29H47FO/c1-4-6-7-9-23-10-12-24(13-11-23)16-19-26-20-21-27(29(31-3)28(26)30)25-17-14-22(8-5-2)15-18-25/h20-25H,4-19H2,1-3H3. The van der Waals surface area contributed by atoms with Gasteiger partial charge in [0.25, 0.3) is 0 Å². The van der Waals surface area contributed by atoms with Crippen LogP contribution in [0.15, 0.2) is 12.1 Å². The molecule has 0 aliphatic heterocycles. The minimum absolute atomic E-state index is 0.0797. The largest absolute Gasteiger partial charge is 0.493 e. The normalized spacial score (nSPS) is 26.7. The number of benzene rings is 1. The molecular weight excluding hydrogens is 383 g/mol. The Morgan fingerprint density at radius 3 is 2.00 bits per heavy atom. The molecule has 2 aliphatic rings. The van der Waals surface area contributed by atoms with E-state index in [0.717, 1.165) is 41.7 Å². The van der Waals surface area contributed by atoms with E-state index >= 15 is 4.39 Å². The van der Waals surface area contributed by atoms with Crippen LogP contribution in [-0.4, -0.2) is 7.11 Å². The smallest absolute Gasteiger partial charge is 0.168 e. The van der Waals surface area contributed by atoms with E-state index in [1.807, 2.05) is 0 Å². The highest BCUT2D eigenvalue weighted by Gasteiger charge is 2.27. The summed E-state index contributed by atoms with van der Waals surface area (Å²) in [5, 5.41) is 0. The first kappa shape index (κ1) is 24.6. The minimum atomic E-state index is -0.0797. The number of aryl methyl sites for hydroxylation is 1. The molecule has 0 aromatic heterocycles. The van der Waals surface area contributed by atoms with Gasteiger partial charge in [0.2, 0.25) is 0 Å². The topological polar surface area (TPSA) is 9.23 Å². The molecule has 31 heavy (non-hydrogen) atoms. The monoisotopic (exact) mass is 430 g/mol. The Balaban J connectivity index is 1.51. The average molecular weight is 431 g/mol. The van der Waals surface area contributed by atoms with Gasteiger partial charge in [0.15, 0.2) is 11.6 Å². The van der Waals surface area contributed by atoms with Crippen molar-refractivity contribution in [2.45, 2.75) is 122 Å². The molecule has 0 spiro atoms. The van der Waals surface area contributed by atoms with Gasteiger partial charge in [0, 0.05) is 5.56 Å². The quantitative estimate of drug-likeness (QED) is 0.318. The van der Waals surface area contributed by atoms with Gasteiger partial charge in [-0.15, -0.1) is 0 Å². The van der Waals surface area contributed by atoms with E-state index < -0.39 is 0 Å². The van der Waals surface area contributed by atoms with Crippen molar-refractivity contribution < 1.29 is 9.13 Å². The molecule has 1 nitrogen and oxygen atoms in total. The van der Waals surface area contributed by atoms with Crippen molar-refractivity contribution in [1.29, 1.82) is 0 Å². The van der Waals surface area contributed by atoms with Gasteiger partial charge in [-0.05, 0) is 67.8 Å². The summed E-state index contributed by atoms with van der Waals surface area (Å²) in [6.45, 7) is 4.57. The highest BCUT2D eigenvalue weighted by molar-refractivity contribution is 5.42. The second-order valence-corrected chi connectivity index (χ2v) is 10.6. The van der Waals surface area contributed by atoms with Crippen molar-refractivity contribution >= 4 is 0 Å². The van der Waals surface area contributed by atoms with Gasteiger partial charge < -0.3 is 4.74 Å². The fourth-order valence-electron chi connectivity index (χ4n) is 6.36. The number of unbranched alkanes of at least 4 members (excludes halogenated alkanes) is 2. The molecule has 3 rings (SSSR count). The molecule has 1 aromatic rings. The molecule has 2 heteroatoms. The van der Waals surface area contributed by atoms with Gasteiger partial charge in [-0.3, -0.25) is 0 Å². The first-order valence-corrected chi connectivity index (χ1v) is 13.5. The molecule has 0 bridgehead atoms. The molecule has 2 aliphatic carbocycles. The van der Waals surface area contributed by atoms with Crippen molar-refractivity contribution in [1.82, 2.24) is 0 Å². The van der Waals surface area contributed by atoms with E-state index in [4.69, 9.17) is 4.74 Å². The molecule has 0 saturated heterocycles. The Hall–Kier alpha value is -1.05. The third kappa shape index (κ3) is 6.96. The Bertz CT molecular complexity index is 638. The summed E-state index contributed by atoms with van der Waals surface area (Å²) in [5.41, 5.74) is 1.98. The molecule has 0 atom stereocenters. The molecule has 0 amide bonds. The van der Waals surface area contributed by atoms with E-state index in [0.29, 0.717) is 11.7 Å². The summed E-state index contributed by atoms with van der Waals surface area (Å²) >= 11 is 0. The Morgan fingerprint density at radius 2 is 1.39 bits per heavy atom. The number of ether oxygens (including phenoxy) is 1. The number of hydrogen-bond donors (Lipinski definition) is 0. The number of hydrogen-bond acceptors (Lipinski definition) is 1. The van der Waals surface area contributed by atoms with Gasteiger partial charge >= 0.3 is 0 Å². The lowest BCUT2D eigenvalue weighted by molar-refractivity contribution is 0.248. The molecule has 2 fully saturated rings. The first-order chi connectivity index (χ1) is 15.2. The van der Waals surface area contributed by atoms with Gasteiger partial charge in [-0.1, -0.05) is 90.2 Å². The van der Waals surface area contributed by atoms with Crippen LogP contribution in [0.1, 0.15) is 127 Å². The zero-order chi connectivity index (χ0) is 22.1. The van der Waals surface area contributed by atoms with Crippen LogP contribution in [0.5, 0.6) is 5.75 Å². The molecule has 2 saturated carbocycles. The molecule has 1 aromatic carbocycles. The van der Waals surface area contributed by atoms with Crippen LogP contribution in [0.4, 0.5) is 4.39 Å². The Labute approximate surface area is 191 Å². The highest BCUT2D eigenvalue weighted by atomic mass is 19.1. The zero-order valence-corrected chi connectivity index (χ0v) is 20.6. The highest BCUT2D eigenvalue weighted by Crippen LogP contribution is 2.42. The predicted octanol–water partition coefficient (Wildman–Crippen LogP) is 9.23. The minimum Gasteiger partial charge on any atom is -0.493 e. The lowest BCUT2D eigenvalue weighted by Gasteiger charge is -2.30. The van der Waals surface area contributed by atoms with Crippen LogP contribution < -0.4 is 4.74 Å². The summed E-state index contributed by atoms with van der Waals surface area (Å²) in [6, 6.07) is 4.26. The van der Waals surface area contributed by atoms with E-state index in [1.165, 1.54) is 89.9 Å². The lowest BCUT2D eigenvalue weighted by Crippen LogP contribution is -2.16. The van der Waals surface area contributed by atoms with Crippen LogP contribution >= 0.6 is 0 Å². The maximum absolute atomic E-state index is 15.4. The van der Waals surface area contributed by atoms with E-state index in [1.54, 1.807) is 7.11 Å². The number of halogens is 1. The Kier molecular flexibility index (Phi) is 10.2. The van der Waals surface area contributed by atoms with Gasteiger partial charge in [-0.25, -0.2) is 4.39 Å². The van der Waals surface area contributed by atoms with Crippen LogP contribution in [-0.2, 0) is 6.42 Å². The fraction of sp³-hybridized carbons (Fsp3) is 0.793. The fourth-order valence-corrected chi connectivity index (χ4v) is 6.36. The number of rotatable bonds is 11. The van der Waals surface area contributed by atoms with E-state index in [2.05, 4.69) is 26.0 Å². The van der Waals surface area contributed by atoms with Crippen molar-refractivity contribution in [3.63, 3.8) is 0 Å². The molecular formula is C29H47FO. The van der Waals surface area contributed by atoms with Crippen molar-refractivity contribution in [3.8, 4) is 5.75 Å². The van der Waals surface area contributed by atoms with Gasteiger partial charge in [-0.2, -0.15) is 0 Å².